The Morgan fingerprint density at radius 2 is 1.79 bits per heavy atom. The average Bonchev–Trinajstić information content (AvgIpc) is 2.37. The molecule has 1 heterocycles. The maximum absolute atomic E-state index is 12.0. The van der Waals surface area contributed by atoms with Gasteiger partial charge in [-0.3, -0.25) is 4.79 Å². The quantitative estimate of drug-likeness (QED) is 0.795. The number of hydrogen-bond donors (Lipinski definition) is 2. The lowest BCUT2D eigenvalue weighted by molar-refractivity contribution is -0.121. The zero-order valence-corrected chi connectivity index (χ0v) is 12.1. The van der Waals surface area contributed by atoms with Crippen molar-refractivity contribution in [1.29, 1.82) is 0 Å². The molecule has 1 atom stereocenters. The van der Waals surface area contributed by atoms with E-state index in [1.165, 1.54) is 0 Å². The smallest absolute Gasteiger partial charge is 0.238 e. The van der Waals surface area contributed by atoms with Crippen molar-refractivity contribution in [2.45, 2.75) is 56.2 Å². The van der Waals surface area contributed by atoms with Crippen LogP contribution in [0.15, 0.2) is 0 Å². The minimum Gasteiger partial charge on any atom is -0.355 e. The minimum absolute atomic E-state index is 0.156. The fourth-order valence-electron chi connectivity index (χ4n) is 3.00. The monoisotopic (exact) mass is 288 g/mol. The molecule has 0 bridgehead atoms. The van der Waals surface area contributed by atoms with Crippen molar-refractivity contribution in [2.75, 3.05) is 12.3 Å². The molecule has 1 saturated carbocycles. The third-order valence-electron chi connectivity index (χ3n) is 4.33. The van der Waals surface area contributed by atoms with Crippen molar-refractivity contribution in [3.05, 3.63) is 0 Å². The first-order chi connectivity index (χ1) is 8.99. The van der Waals surface area contributed by atoms with Crippen molar-refractivity contribution in [3.8, 4) is 0 Å². The molecule has 3 N–H and O–H groups in total. The van der Waals surface area contributed by atoms with Gasteiger partial charge in [-0.2, -0.15) is 0 Å². The first kappa shape index (κ1) is 14.8. The molecule has 0 spiro atoms. The fraction of sp³-hybridized carbons (Fsp3) is 0.923. The summed E-state index contributed by atoms with van der Waals surface area (Å²) in [6.45, 7) is 0.595. The van der Waals surface area contributed by atoms with Crippen molar-refractivity contribution >= 4 is 15.7 Å². The van der Waals surface area contributed by atoms with E-state index in [1.54, 1.807) is 0 Å². The van der Waals surface area contributed by atoms with Crippen LogP contribution in [0, 0.1) is 5.92 Å². The second kappa shape index (κ2) is 6.22. The molecule has 110 valence electrons. The Hall–Kier alpha value is -0.620. The average molecular weight is 288 g/mol. The molecular formula is C13H24N2O3S. The Balaban J connectivity index is 1.81. The van der Waals surface area contributed by atoms with Crippen LogP contribution < -0.4 is 11.1 Å². The van der Waals surface area contributed by atoms with Crippen LogP contribution in [0.2, 0.25) is 0 Å². The molecule has 5 nitrogen and oxygen atoms in total. The zero-order chi connectivity index (χ0) is 13.9. The Labute approximate surface area is 115 Å². The maximum Gasteiger partial charge on any atom is 0.238 e. The lowest BCUT2D eigenvalue weighted by Gasteiger charge is -2.27. The molecule has 0 aromatic rings. The highest BCUT2D eigenvalue weighted by atomic mass is 32.2. The molecule has 0 aromatic carbocycles. The number of sulfone groups is 1. The highest BCUT2D eigenvalue weighted by Crippen LogP contribution is 2.23. The van der Waals surface area contributed by atoms with E-state index < -0.39 is 15.1 Å². The van der Waals surface area contributed by atoms with Gasteiger partial charge in [-0.1, -0.05) is 6.42 Å². The Kier molecular flexibility index (Phi) is 4.84. The van der Waals surface area contributed by atoms with E-state index in [2.05, 4.69) is 5.32 Å². The van der Waals surface area contributed by atoms with Crippen LogP contribution in [0.4, 0.5) is 0 Å². The van der Waals surface area contributed by atoms with Crippen LogP contribution >= 0.6 is 0 Å². The Bertz CT molecular complexity index is 414. The van der Waals surface area contributed by atoms with Crippen LogP contribution in [0.3, 0.4) is 0 Å². The molecule has 2 fully saturated rings. The highest BCUT2D eigenvalue weighted by molar-refractivity contribution is 7.92. The standard InChI is InChI=1S/C13H24N2O3S/c14-11-6-4-10(5-7-11)9-15-13(16)12-3-1-2-8-19(12,17)18/h10-12H,1-9,14H2,(H,15,16). The largest absolute Gasteiger partial charge is 0.355 e. The third-order valence-corrected chi connectivity index (χ3v) is 6.50. The van der Waals surface area contributed by atoms with Gasteiger partial charge < -0.3 is 11.1 Å². The molecule has 6 heteroatoms. The lowest BCUT2D eigenvalue weighted by Crippen LogP contribution is -2.44. The van der Waals surface area contributed by atoms with Crippen LogP contribution in [-0.4, -0.2) is 37.9 Å². The SMILES string of the molecule is NC1CCC(CNC(=O)C2CCCCS2(=O)=O)CC1. The predicted octanol–water partition coefficient (Wildman–Crippen LogP) is 0.587. The Morgan fingerprint density at radius 1 is 1.11 bits per heavy atom. The Morgan fingerprint density at radius 3 is 2.42 bits per heavy atom. The van der Waals surface area contributed by atoms with Crippen LogP contribution in [0.1, 0.15) is 44.9 Å². The number of amides is 1. The van der Waals surface area contributed by atoms with Gasteiger partial charge in [-0.15, -0.1) is 0 Å². The van der Waals surface area contributed by atoms with Crippen molar-refractivity contribution in [1.82, 2.24) is 5.32 Å². The number of rotatable bonds is 3. The fourth-order valence-corrected chi connectivity index (χ4v) is 4.83. The molecule has 1 saturated heterocycles. The van der Waals surface area contributed by atoms with Crippen LogP contribution in [0.5, 0.6) is 0 Å². The summed E-state index contributed by atoms with van der Waals surface area (Å²) < 4.78 is 23.7. The van der Waals surface area contributed by atoms with E-state index >= 15 is 0 Å². The summed E-state index contributed by atoms with van der Waals surface area (Å²) in [7, 11) is -3.22. The topological polar surface area (TPSA) is 89.3 Å². The summed E-state index contributed by atoms with van der Waals surface area (Å²) in [6, 6.07) is 0.297. The molecule has 1 aliphatic heterocycles. The molecule has 2 rings (SSSR count). The van der Waals surface area contributed by atoms with Gasteiger partial charge in [-0.25, -0.2) is 8.42 Å². The van der Waals surface area contributed by atoms with E-state index in [-0.39, 0.29) is 11.7 Å². The molecule has 2 aliphatic rings. The van der Waals surface area contributed by atoms with Gasteiger partial charge in [0.05, 0.1) is 5.75 Å². The molecule has 19 heavy (non-hydrogen) atoms. The summed E-state index contributed by atoms with van der Waals surface area (Å²) in [5, 5.41) is 2.02. The van der Waals surface area contributed by atoms with Crippen molar-refractivity contribution < 1.29 is 13.2 Å². The second-order valence-electron chi connectivity index (χ2n) is 5.88. The summed E-state index contributed by atoms with van der Waals surface area (Å²) in [6.07, 6.45) is 6.05. The maximum atomic E-state index is 12.0. The highest BCUT2D eigenvalue weighted by Gasteiger charge is 2.34. The second-order valence-corrected chi connectivity index (χ2v) is 8.18. The van der Waals surface area contributed by atoms with Gasteiger partial charge in [0.25, 0.3) is 0 Å². The van der Waals surface area contributed by atoms with E-state index in [9.17, 15) is 13.2 Å². The van der Waals surface area contributed by atoms with Gasteiger partial charge in [0.2, 0.25) is 5.91 Å². The number of hydrogen-bond acceptors (Lipinski definition) is 4. The van der Waals surface area contributed by atoms with Gasteiger partial charge >= 0.3 is 0 Å². The van der Waals surface area contributed by atoms with E-state index in [0.717, 1.165) is 32.1 Å². The van der Waals surface area contributed by atoms with Crippen molar-refractivity contribution in [3.63, 3.8) is 0 Å². The number of nitrogens with two attached hydrogens (primary N) is 1. The normalized spacial score (nSPS) is 34.7. The molecule has 1 amide bonds. The first-order valence-corrected chi connectivity index (χ1v) is 8.95. The first-order valence-electron chi connectivity index (χ1n) is 7.24. The predicted molar refractivity (Wildman–Crippen MR) is 74.4 cm³/mol. The molecule has 1 unspecified atom stereocenters. The van der Waals surface area contributed by atoms with E-state index in [0.29, 0.717) is 31.3 Å². The van der Waals surface area contributed by atoms with Gasteiger partial charge in [0, 0.05) is 12.6 Å². The third kappa shape index (κ3) is 3.92. The van der Waals surface area contributed by atoms with E-state index in [4.69, 9.17) is 5.73 Å². The molecule has 0 radical (unpaired) electrons. The van der Waals surface area contributed by atoms with E-state index in [1.807, 2.05) is 0 Å². The molecular weight excluding hydrogens is 264 g/mol. The van der Waals surface area contributed by atoms with Crippen molar-refractivity contribution in [2.24, 2.45) is 11.7 Å². The summed E-state index contributed by atoms with van der Waals surface area (Å²) in [4.78, 5) is 12.0. The van der Waals surface area contributed by atoms with Gasteiger partial charge in [-0.05, 0) is 44.4 Å². The van der Waals surface area contributed by atoms with Crippen LogP contribution in [-0.2, 0) is 14.6 Å². The molecule has 0 aromatic heterocycles. The zero-order valence-electron chi connectivity index (χ0n) is 11.3. The molecule has 1 aliphatic carbocycles. The summed E-state index contributed by atoms with van der Waals surface area (Å²) in [5.74, 6) is 0.313. The summed E-state index contributed by atoms with van der Waals surface area (Å²) in [5.41, 5.74) is 5.84. The van der Waals surface area contributed by atoms with Gasteiger partial charge in [0.15, 0.2) is 9.84 Å². The number of nitrogens with one attached hydrogen (secondary N) is 1. The number of carbonyl (C=O) groups is 1. The van der Waals surface area contributed by atoms with Crippen LogP contribution in [0.25, 0.3) is 0 Å². The van der Waals surface area contributed by atoms with Gasteiger partial charge in [0.1, 0.15) is 5.25 Å². The lowest BCUT2D eigenvalue weighted by atomic mass is 9.86. The minimum atomic E-state index is -3.22. The number of carbonyl (C=O) groups excluding carboxylic acids is 1. The summed E-state index contributed by atoms with van der Waals surface area (Å²) >= 11 is 0.